The lowest BCUT2D eigenvalue weighted by molar-refractivity contribution is 0.0689. The van der Waals surface area contributed by atoms with Gasteiger partial charge < -0.3 is 4.90 Å². The van der Waals surface area contributed by atoms with E-state index in [9.17, 15) is 9.18 Å². The molecule has 1 aliphatic carbocycles. The highest BCUT2D eigenvalue weighted by molar-refractivity contribution is 14.1. The highest BCUT2D eigenvalue weighted by atomic mass is 127. The van der Waals surface area contributed by atoms with Crippen molar-refractivity contribution in [2.45, 2.75) is 38.1 Å². The van der Waals surface area contributed by atoms with Gasteiger partial charge in [0, 0.05) is 16.2 Å². The van der Waals surface area contributed by atoms with Gasteiger partial charge in [-0.15, -0.1) is 0 Å². The van der Waals surface area contributed by atoms with E-state index in [2.05, 4.69) is 0 Å². The van der Waals surface area contributed by atoms with Gasteiger partial charge in [0.15, 0.2) is 0 Å². The molecule has 0 aromatic heterocycles. The minimum absolute atomic E-state index is 0.0822. The molecule has 1 amide bonds. The SMILES string of the molecule is O=C(c1ccc(F)cc1I)N1CC[C@H]2CCCC[C@H]21. The molecule has 0 spiro atoms. The van der Waals surface area contributed by atoms with Crippen molar-refractivity contribution in [3.63, 3.8) is 0 Å². The lowest BCUT2D eigenvalue weighted by atomic mass is 9.85. The number of hydrogen-bond acceptors (Lipinski definition) is 1. The monoisotopic (exact) mass is 373 g/mol. The van der Waals surface area contributed by atoms with E-state index >= 15 is 0 Å². The second-order valence-electron chi connectivity index (χ2n) is 5.52. The zero-order valence-electron chi connectivity index (χ0n) is 10.7. The van der Waals surface area contributed by atoms with Crippen LogP contribution in [-0.4, -0.2) is 23.4 Å². The van der Waals surface area contributed by atoms with Crippen LogP contribution in [0.15, 0.2) is 18.2 Å². The second-order valence-corrected chi connectivity index (χ2v) is 6.69. The number of carbonyl (C=O) groups is 1. The molecule has 2 atom stereocenters. The molecular formula is C15H17FINO. The van der Waals surface area contributed by atoms with E-state index in [0.29, 0.717) is 21.1 Å². The maximum absolute atomic E-state index is 13.1. The van der Waals surface area contributed by atoms with Gasteiger partial charge in [0.1, 0.15) is 5.82 Å². The number of nitrogens with zero attached hydrogens (tertiary/aromatic N) is 1. The van der Waals surface area contributed by atoms with Crippen LogP contribution in [0, 0.1) is 15.3 Å². The Bertz CT molecular complexity index is 505. The molecule has 1 saturated carbocycles. The maximum atomic E-state index is 13.1. The fourth-order valence-corrected chi connectivity index (χ4v) is 4.18. The molecule has 0 bridgehead atoms. The molecule has 2 nitrogen and oxygen atoms in total. The summed E-state index contributed by atoms with van der Waals surface area (Å²) in [7, 11) is 0. The lowest BCUT2D eigenvalue weighted by Gasteiger charge is -2.31. The van der Waals surface area contributed by atoms with Crippen molar-refractivity contribution in [3.8, 4) is 0 Å². The summed E-state index contributed by atoms with van der Waals surface area (Å²) in [5, 5.41) is 0. The van der Waals surface area contributed by atoms with E-state index in [1.807, 2.05) is 27.5 Å². The summed E-state index contributed by atoms with van der Waals surface area (Å²) in [5.74, 6) is 0.493. The molecule has 0 radical (unpaired) electrons. The normalized spacial score (nSPS) is 26.3. The van der Waals surface area contributed by atoms with Crippen molar-refractivity contribution in [2.75, 3.05) is 6.54 Å². The Labute approximate surface area is 126 Å². The van der Waals surface area contributed by atoms with Crippen LogP contribution in [0.3, 0.4) is 0 Å². The van der Waals surface area contributed by atoms with Crippen molar-refractivity contribution in [3.05, 3.63) is 33.1 Å². The highest BCUT2D eigenvalue weighted by Crippen LogP contribution is 2.37. The van der Waals surface area contributed by atoms with E-state index in [4.69, 9.17) is 0 Å². The Morgan fingerprint density at radius 2 is 2.05 bits per heavy atom. The average molecular weight is 373 g/mol. The van der Waals surface area contributed by atoms with Gasteiger partial charge in [-0.3, -0.25) is 4.79 Å². The number of carbonyl (C=O) groups excluding carboxylic acids is 1. The van der Waals surface area contributed by atoms with E-state index in [1.165, 1.54) is 31.4 Å². The summed E-state index contributed by atoms with van der Waals surface area (Å²) < 4.78 is 13.8. The third kappa shape index (κ3) is 2.51. The van der Waals surface area contributed by atoms with E-state index in [1.54, 1.807) is 6.07 Å². The fraction of sp³-hybridized carbons (Fsp3) is 0.533. The molecule has 1 saturated heterocycles. The minimum atomic E-state index is -0.280. The Morgan fingerprint density at radius 1 is 1.26 bits per heavy atom. The van der Waals surface area contributed by atoms with Crippen LogP contribution in [0.5, 0.6) is 0 Å². The number of fused-ring (bicyclic) bond motifs is 1. The standard InChI is InChI=1S/C15H17FINO/c16-11-5-6-12(13(17)9-11)15(19)18-8-7-10-3-1-2-4-14(10)18/h5-6,9-10,14H,1-4,7-8H2/t10-,14-/m1/s1. The average Bonchev–Trinajstić information content (AvgIpc) is 2.82. The molecule has 1 aromatic rings. The third-order valence-corrected chi connectivity index (χ3v) is 5.32. The van der Waals surface area contributed by atoms with Crippen molar-refractivity contribution < 1.29 is 9.18 Å². The van der Waals surface area contributed by atoms with Gasteiger partial charge in [-0.1, -0.05) is 12.8 Å². The summed E-state index contributed by atoms with van der Waals surface area (Å²) >= 11 is 2.05. The van der Waals surface area contributed by atoms with Gasteiger partial charge in [0.05, 0.1) is 5.56 Å². The van der Waals surface area contributed by atoms with Gasteiger partial charge in [-0.2, -0.15) is 0 Å². The lowest BCUT2D eigenvalue weighted by Crippen LogP contribution is -2.39. The fourth-order valence-electron chi connectivity index (χ4n) is 3.48. The number of amides is 1. The Hall–Kier alpha value is -0.650. The summed E-state index contributed by atoms with van der Waals surface area (Å²) in [6, 6.07) is 4.85. The smallest absolute Gasteiger partial charge is 0.255 e. The Kier molecular flexibility index (Phi) is 3.78. The summed E-state index contributed by atoms with van der Waals surface area (Å²) in [4.78, 5) is 14.7. The van der Waals surface area contributed by atoms with Gasteiger partial charge >= 0.3 is 0 Å². The van der Waals surface area contributed by atoms with Crippen molar-refractivity contribution in [1.82, 2.24) is 4.90 Å². The number of benzene rings is 1. The van der Waals surface area contributed by atoms with Crippen LogP contribution in [0.2, 0.25) is 0 Å². The van der Waals surface area contributed by atoms with Crippen LogP contribution in [0.1, 0.15) is 42.5 Å². The number of likely N-dealkylation sites (tertiary alicyclic amines) is 1. The Balaban J connectivity index is 1.83. The summed E-state index contributed by atoms with van der Waals surface area (Å²) in [6.07, 6.45) is 6.06. The Morgan fingerprint density at radius 3 is 2.84 bits per heavy atom. The number of hydrogen-bond donors (Lipinski definition) is 0. The zero-order valence-corrected chi connectivity index (χ0v) is 12.9. The molecule has 3 rings (SSSR count). The third-order valence-electron chi connectivity index (χ3n) is 4.43. The van der Waals surface area contributed by atoms with E-state index in [0.717, 1.165) is 19.4 Å². The number of halogens is 2. The van der Waals surface area contributed by atoms with Gasteiger partial charge in [0.25, 0.3) is 5.91 Å². The van der Waals surface area contributed by atoms with Gasteiger partial charge in [-0.05, 0) is 66.0 Å². The summed E-state index contributed by atoms with van der Waals surface area (Å²) in [5.41, 5.74) is 0.647. The van der Waals surface area contributed by atoms with E-state index < -0.39 is 0 Å². The molecule has 1 aromatic carbocycles. The predicted octanol–water partition coefficient (Wildman–Crippen LogP) is 3.84. The van der Waals surface area contributed by atoms with Crippen molar-refractivity contribution in [2.24, 2.45) is 5.92 Å². The van der Waals surface area contributed by atoms with Gasteiger partial charge in [0.2, 0.25) is 0 Å². The van der Waals surface area contributed by atoms with E-state index in [-0.39, 0.29) is 11.7 Å². The zero-order chi connectivity index (χ0) is 13.4. The van der Waals surface area contributed by atoms with Gasteiger partial charge in [-0.25, -0.2) is 4.39 Å². The quantitative estimate of drug-likeness (QED) is 0.686. The molecular weight excluding hydrogens is 356 g/mol. The largest absolute Gasteiger partial charge is 0.335 e. The first-order valence-electron chi connectivity index (χ1n) is 6.93. The van der Waals surface area contributed by atoms with Crippen molar-refractivity contribution >= 4 is 28.5 Å². The van der Waals surface area contributed by atoms with Crippen molar-refractivity contribution in [1.29, 1.82) is 0 Å². The molecule has 1 aliphatic heterocycles. The highest BCUT2D eigenvalue weighted by Gasteiger charge is 2.38. The van der Waals surface area contributed by atoms with Crippen LogP contribution in [-0.2, 0) is 0 Å². The molecule has 1 heterocycles. The topological polar surface area (TPSA) is 20.3 Å². The molecule has 0 N–H and O–H groups in total. The summed E-state index contributed by atoms with van der Waals surface area (Å²) in [6.45, 7) is 0.863. The molecule has 102 valence electrons. The molecule has 2 aliphatic rings. The first-order chi connectivity index (χ1) is 9.16. The van der Waals surface area contributed by atoms with Crippen LogP contribution >= 0.6 is 22.6 Å². The minimum Gasteiger partial charge on any atom is -0.335 e. The maximum Gasteiger partial charge on any atom is 0.255 e. The molecule has 4 heteroatoms. The first-order valence-corrected chi connectivity index (χ1v) is 8.00. The molecule has 19 heavy (non-hydrogen) atoms. The predicted molar refractivity (Wildman–Crippen MR) is 80.5 cm³/mol. The molecule has 2 fully saturated rings. The van der Waals surface area contributed by atoms with Crippen LogP contribution in [0.25, 0.3) is 0 Å². The van der Waals surface area contributed by atoms with Crippen LogP contribution < -0.4 is 0 Å². The van der Waals surface area contributed by atoms with Crippen LogP contribution in [0.4, 0.5) is 4.39 Å². The molecule has 0 unspecified atom stereocenters. The first kappa shape index (κ1) is 13.3. The number of rotatable bonds is 1. The second kappa shape index (κ2) is 5.38.